The van der Waals surface area contributed by atoms with E-state index in [9.17, 15) is 0 Å². The van der Waals surface area contributed by atoms with Gasteiger partial charge in [-0.3, -0.25) is 4.98 Å². The van der Waals surface area contributed by atoms with Crippen molar-refractivity contribution in [3.63, 3.8) is 0 Å². The maximum absolute atomic E-state index is 5.07. The Balaban J connectivity index is 1.71. The first-order valence-corrected chi connectivity index (χ1v) is 9.77. The van der Waals surface area contributed by atoms with Crippen molar-refractivity contribution >= 4 is 10.8 Å². The molecule has 4 aromatic carbocycles. The molecule has 0 atom stereocenters. The SMILES string of the molecule is Cc1ccccc1-c1ncc(-c2ccc3ccccc3c2)nc1-c1ccccc1. The second-order valence-electron chi connectivity index (χ2n) is 7.20. The van der Waals surface area contributed by atoms with Gasteiger partial charge in [0, 0.05) is 16.7 Å². The summed E-state index contributed by atoms with van der Waals surface area (Å²) < 4.78 is 0. The summed E-state index contributed by atoms with van der Waals surface area (Å²) in [5.74, 6) is 0. The zero-order chi connectivity index (χ0) is 19.6. The summed E-state index contributed by atoms with van der Waals surface area (Å²) in [5, 5.41) is 2.43. The van der Waals surface area contributed by atoms with Crippen LogP contribution in [-0.4, -0.2) is 9.97 Å². The lowest BCUT2D eigenvalue weighted by Gasteiger charge is -2.13. The van der Waals surface area contributed by atoms with Crippen molar-refractivity contribution in [2.75, 3.05) is 0 Å². The average molecular weight is 372 g/mol. The van der Waals surface area contributed by atoms with Gasteiger partial charge in [-0.25, -0.2) is 4.98 Å². The first kappa shape index (κ1) is 17.3. The van der Waals surface area contributed by atoms with E-state index in [1.165, 1.54) is 16.3 Å². The zero-order valence-corrected chi connectivity index (χ0v) is 16.2. The number of aryl methyl sites for hydroxylation is 1. The number of aromatic nitrogens is 2. The van der Waals surface area contributed by atoms with E-state index >= 15 is 0 Å². The van der Waals surface area contributed by atoms with Crippen molar-refractivity contribution in [2.45, 2.75) is 6.92 Å². The van der Waals surface area contributed by atoms with E-state index in [2.05, 4.69) is 85.8 Å². The molecule has 0 N–H and O–H groups in total. The van der Waals surface area contributed by atoms with Crippen LogP contribution in [0, 0.1) is 6.92 Å². The molecule has 0 saturated heterocycles. The lowest BCUT2D eigenvalue weighted by Crippen LogP contribution is -1.97. The fourth-order valence-corrected chi connectivity index (χ4v) is 3.71. The van der Waals surface area contributed by atoms with Crippen LogP contribution in [0.15, 0.2) is 103 Å². The number of benzene rings is 4. The Morgan fingerprint density at radius 1 is 0.586 bits per heavy atom. The first-order valence-electron chi connectivity index (χ1n) is 9.77. The van der Waals surface area contributed by atoms with Crippen LogP contribution in [0.5, 0.6) is 0 Å². The third-order valence-electron chi connectivity index (χ3n) is 5.27. The van der Waals surface area contributed by atoms with E-state index in [0.717, 1.165) is 33.8 Å². The van der Waals surface area contributed by atoms with Crippen molar-refractivity contribution in [3.05, 3.63) is 109 Å². The molecule has 138 valence electrons. The van der Waals surface area contributed by atoms with Crippen molar-refractivity contribution in [2.24, 2.45) is 0 Å². The van der Waals surface area contributed by atoms with E-state index in [1.807, 2.05) is 24.4 Å². The van der Waals surface area contributed by atoms with Gasteiger partial charge < -0.3 is 0 Å². The summed E-state index contributed by atoms with van der Waals surface area (Å²) in [6.07, 6.45) is 1.89. The van der Waals surface area contributed by atoms with Gasteiger partial charge in [-0.15, -0.1) is 0 Å². The Labute approximate surface area is 170 Å². The van der Waals surface area contributed by atoms with Crippen LogP contribution in [0.1, 0.15) is 5.56 Å². The molecule has 0 bridgehead atoms. The molecule has 5 aromatic rings. The van der Waals surface area contributed by atoms with Crippen LogP contribution in [0.4, 0.5) is 0 Å². The molecule has 0 spiro atoms. The van der Waals surface area contributed by atoms with E-state index in [4.69, 9.17) is 9.97 Å². The van der Waals surface area contributed by atoms with Gasteiger partial charge in [-0.1, -0.05) is 91.0 Å². The number of rotatable bonds is 3. The van der Waals surface area contributed by atoms with Gasteiger partial charge >= 0.3 is 0 Å². The minimum Gasteiger partial charge on any atom is -0.252 e. The third-order valence-corrected chi connectivity index (χ3v) is 5.27. The van der Waals surface area contributed by atoms with Crippen LogP contribution in [0.25, 0.3) is 44.5 Å². The molecule has 0 fully saturated rings. The highest BCUT2D eigenvalue weighted by Gasteiger charge is 2.14. The normalized spacial score (nSPS) is 10.9. The maximum atomic E-state index is 5.07. The van der Waals surface area contributed by atoms with Crippen LogP contribution < -0.4 is 0 Å². The highest BCUT2D eigenvalue weighted by atomic mass is 14.8. The standard InChI is InChI=1S/C27H20N2/c1-19-9-5-8-14-24(19)27-26(21-11-3-2-4-12-21)29-25(18-28-27)23-16-15-20-10-6-7-13-22(20)17-23/h2-18H,1H3. The molecule has 1 heterocycles. The van der Waals surface area contributed by atoms with E-state index in [-0.39, 0.29) is 0 Å². The molecule has 29 heavy (non-hydrogen) atoms. The minimum atomic E-state index is 0.881. The van der Waals surface area contributed by atoms with Crippen LogP contribution in [-0.2, 0) is 0 Å². The Kier molecular flexibility index (Phi) is 4.38. The Morgan fingerprint density at radius 2 is 1.31 bits per heavy atom. The zero-order valence-electron chi connectivity index (χ0n) is 16.2. The van der Waals surface area contributed by atoms with Crippen LogP contribution in [0.2, 0.25) is 0 Å². The van der Waals surface area contributed by atoms with Gasteiger partial charge in [0.15, 0.2) is 0 Å². The number of nitrogens with zero attached hydrogens (tertiary/aromatic N) is 2. The number of hydrogen-bond acceptors (Lipinski definition) is 2. The van der Waals surface area contributed by atoms with Gasteiger partial charge in [-0.05, 0) is 29.3 Å². The van der Waals surface area contributed by atoms with Crippen LogP contribution in [0.3, 0.4) is 0 Å². The third kappa shape index (κ3) is 3.30. The molecule has 0 aliphatic heterocycles. The van der Waals surface area contributed by atoms with Crippen molar-refractivity contribution in [3.8, 4) is 33.8 Å². The molecule has 0 saturated carbocycles. The van der Waals surface area contributed by atoms with E-state index in [1.54, 1.807) is 0 Å². The van der Waals surface area contributed by atoms with E-state index in [0.29, 0.717) is 0 Å². The van der Waals surface area contributed by atoms with Gasteiger partial charge in [0.05, 0.1) is 23.3 Å². The molecule has 2 nitrogen and oxygen atoms in total. The van der Waals surface area contributed by atoms with Gasteiger partial charge in [0.2, 0.25) is 0 Å². The van der Waals surface area contributed by atoms with E-state index < -0.39 is 0 Å². The fraction of sp³-hybridized carbons (Fsp3) is 0.0370. The molecule has 5 rings (SSSR count). The fourth-order valence-electron chi connectivity index (χ4n) is 3.71. The Hall–Kier alpha value is -3.78. The van der Waals surface area contributed by atoms with Gasteiger partial charge in [-0.2, -0.15) is 0 Å². The summed E-state index contributed by atoms with van der Waals surface area (Å²) in [4.78, 5) is 9.96. The Morgan fingerprint density at radius 3 is 2.14 bits per heavy atom. The highest BCUT2D eigenvalue weighted by molar-refractivity contribution is 5.87. The molecule has 0 radical (unpaired) electrons. The molecule has 2 heteroatoms. The summed E-state index contributed by atoms with van der Waals surface area (Å²) in [6.45, 7) is 2.11. The maximum Gasteiger partial charge on any atom is 0.0972 e. The predicted molar refractivity (Wildman–Crippen MR) is 121 cm³/mol. The first-order chi connectivity index (χ1) is 14.3. The second kappa shape index (κ2) is 7.33. The molecular weight excluding hydrogens is 352 g/mol. The number of hydrogen-bond donors (Lipinski definition) is 0. The van der Waals surface area contributed by atoms with Crippen LogP contribution >= 0.6 is 0 Å². The van der Waals surface area contributed by atoms with Gasteiger partial charge in [0.25, 0.3) is 0 Å². The molecule has 0 aliphatic carbocycles. The molecule has 0 amide bonds. The predicted octanol–water partition coefficient (Wildman–Crippen LogP) is 6.94. The monoisotopic (exact) mass is 372 g/mol. The average Bonchev–Trinajstić information content (AvgIpc) is 2.79. The quantitative estimate of drug-likeness (QED) is 0.343. The summed E-state index contributed by atoms with van der Waals surface area (Å²) in [5.41, 5.74) is 7.16. The summed E-state index contributed by atoms with van der Waals surface area (Å²) in [7, 11) is 0. The summed E-state index contributed by atoms with van der Waals surface area (Å²) >= 11 is 0. The molecule has 1 aromatic heterocycles. The lowest BCUT2D eigenvalue weighted by atomic mass is 9.99. The largest absolute Gasteiger partial charge is 0.252 e. The molecular formula is C27H20N2. The second-order valence-corrected chi connectivity index (χ2v) is 7.20. The minimum absolute atomic E-state index is 0.881. The van der Waals surface area contributed by atoms with Crippen molar-refractivity contribution < 1.29 is 0 Å². The topological polar surface area (TPSA) is 25.8 Å². The van der Waals surface area contributed by atoms with Crippen molar-refractivity contribution in [1.29, 1.82) is 0 Å². The highest BCUT2D eigenvalue weighted by Crippen LogP contribution is 2.33. The molecule has 0 aliphatic rings. The van der Waals surface area contributed by atoms with Gasteiger partial charge in [0.1, 0.15) is 0 Å². The molecule has 0 unspecified atom stereocenters. The smallest absolute Gasteiger partial charge is 0.0972 e. The summed E-state index contributed by atoms with van der Waals surface area (Å²) in [6, 6.07) is 33.5. The van der Waals surface area contributed by atoms with Crippen molar-refractivity contribution in [1.82, 2.24) is 9.97 Å². The Bertz CT molecular complexity index is 1310. The number of fused-ring (bicyclic) bond motifs is 1. The lowest BCUT2D eigenvalue weighted by molar-refractivity contribution is 1.21.